The smallest absolute Gasteiger partial charge is 0.165 e. The molecule has 0 heterocycles. The van der Waals surface area contributed by atoms with E-state index in [-0.39, 0.29) is 17.6 Å². The number of benzene rings is 2. The molecule has 0 aromatic heterocycles. The first-order valence-corrected chi connectivity index (χ1v) is 6.81. The minimum absolute atomic E-state index is 0.110. The first-order valence-electron chi connectivity index (χ1n) is 6.81. The molecule has 0 aliphatic carbocycles. The van der Waals surface area contributed by atoms with Gasteiger partial charge in [-0.05, 0) is 43.1 Å². The Morgan fingerprint density at radius 2 is 1.90 bits per heavy atom. The van der Waals surface area contributed by atoms with Crippen LogP contribution >= 0.6 is 0 Å². The van der Waals surface area contributed by atoms with Crippen LogP contribution in [0.2, 0.25) is 0 Å². The van der Waals surface area contributed by atoms with Crippen molar-refractivity contribution in [1.82, 2.24) is 5.32 Å². The monoisotopic (exact) mass is 273 g/mol. The van der Waals surface area contributed by atoms with Crippen LogP contribution in [0.4, 0.5) is 4.39 Å². The van der Waals surface area contributed by atoms with Crippen LogP contribution in [-0.4, -0.2) is 13.7 Å². The van der Waals surface area contributed by atoms with Gasteiger partial charge in [0.2, 0.25) is 0 Å². The van der Waals surface area contributed by atoms with Gasteiger partial charge in [-0.25, -0.2) is 4.39 Å². The van der Waals surface area contributed by atoms with Crippen molar-refractivity contribution in [2.24, 2.45) is 0 Å². The zero-order valence-electron chi connectivity index (χ0n) is 11.9. The average molecular weight is 273 g/mol. The fourth-order valence-corrected chi connectivity index (χ4v) is 2.15. The third kappa shape index (κ3) is 3.81. The highest BCUT2D eigenvalue weighted by atomic mass is 19.1. The zero-order chi connectivity index (χ0) is 14.4. The largest absolute Gasteiger partial charge is 0.494 e. The van der Waals surface area contributed by atoms with Crippen LogP contribution in [0.3, 0.4) is 0 Å². The lowest BCUT2D eigenvalue weighted by Gasteiger charge is -2.15. The Bertz CT molecular complexity index is 542. The van der Waals surface area contributed by atoms with E-state index in [1.165, 1.54) is 18.7 Å². The summed E-state index contributed by atoms with van der Waals surface area (Å²) >= 11 is 0. The third-order valence-electron chi connectivity index (χ3n) is 3.38. The highest BCUT2D eigenvalue weighted by Crippen LogP contribution is 2.21. The Morgan fingerprint density at radius 1 is 1.15 bits per heavy atom. The molecule has 0 aliphatic heterocycles. The van der Waals surface area contributed by atoms with Gasteiger partial charge in [-0.2, -0.15) is 0 Å². The molecule has 0 fully saturated rings. The van der Waals surface area contributed by atoms with Gasteiger partial charge >= 0.3 is 0 Å². The van der Waals surface area contributed by atoms with Crippen molar-refractivity contribution in [1.29, 1.82) is 0 Å². The number of ether oxygens (including phenoxy) is 1. The topological polar surface area (TPSA) is 21.3 Å². The van der Waals surface area contributed by atoms with Crippen molar-refractivity contribution < 1.29 is 9.13 Å². The lowest BCUT2D eigenvalue weighted by atomic mass is 10.1. The van der Waals surface area contributed by atoms with Crippen LogP contribution in [0.1, 0.15) is 24.1 Å². The first-order chi connectivity index (χ1) is 9.70. The van der Waals surface area contributed by atoms with Crippen LogP contribution in [0.25, 0.3) is 0 Å². The summed E-state index contributed by atoms with van der Waals surface area (Å²) in [5.74, 6) is -0.0352. The van der Waals surface area contributed by atoms with Crippen LogP contribution in [0.5, 0.6) is 5.75 Å². The Hall–Kier alpha value is -1.87. The van der Waals surface area contributed by atoms with E-state index >= 15 is 0 Å². The lowest BCUT2D eigenvalue weighted by molar-refractivity contribution is 0.385. The molecular weight excluding hydrogens is 253 g/mol. The second kappa shape index (κ2) is 7.06. The number of nitrogens with one attached hydrogen (secondary N) is 1. The fourth-order valence-electron chi connectivity index (χ4n) is 2.15. The molecule has 0 amide bonds. The highest BCUT2D eigenvalue weighted by molar-refractivity contribution is 5.30. The zero-order valence-corrected chi connectivity index (χ0v) is 11.9. The van der Waals surface area contributed by atoms with Crippen LogP contribution in [0, 0.1) is 5.82 Å². The summed E-state index contributed by atoms with van der Waals surface area (Å²) in [5.41, 5.74) is 2.23. The molecule has 106 valence electrons. The second-order valence-electron chi connectivity index (χ2n) is 4.81. The quantitative estimate of drug-likeness (QED) is 0.866. The fraction of sp³-hybridized carbons (Fsp3) is 0.294. The first kappa shape index (κ1) is 14.5. The summed E-state index contributed by atoms with van der Waals surface area (Å²) in [6, 6.07) is 15.5. The van der Waals surface area contributed by atoms with Gasteiger partial charge in [-0.3, -0.25) is 0 Å². The normalized spacial score (nSPS) is 12.2. The van der Waals surface area contributed by atoms with Crippen molar-refractivity contribution >= 4 is 0 Å². The molecule has 0 aliphatic rings. The van der Waals surface area contributed by atoms with E-state index in [1.807, 2.05) is 31.2 Å². The number of methoxy groups -OCH3 is 1. The van der Waals surface area contributed by atoms with Gasteiger partial charge in [0.05, 0.1) is 7.11 Å². The van der Waals surface area contributed by atoms with E-state index < -0.39 is 0 Å². The van der Waals surface area contributed by atoms with Gasteiger partial charge in [-0.1, -0.05) is 36.4 Å². The Labute approximate surface area is 119 Å². The molecule has 1 N–H and O–H groups in total. The third-order valence-corrected chi connectivity index (χ3v) is 3.38. The maximum absolute atomic E-state index is 13.6. The number of hydrogen-bond acceptors (Lipinski definition) is 2. The molecule has 0 spiro atoms. The van der Waals surface area contributed by atoms with Crippen molar-refractivity contribution in [3.63, 3.8) is 0 Å². The van der Waals surface area contributed by atoms with Gasteiger partial charge in [0.1, 0.15) is 0 Å². The van der Waals surface area contributed by atoms with Crippen LogP contribution < -0.4 is 10.1 Å². The van der Waals surface area contributed by atoms with Crippen molar-refractivity contribution in [2.45, 2.75) is 19.4 Å². The Balaban J connectivity index is 1.88. The predicted octanol–water partition coefficient (Wildman–Crippen LogP) is 3.73. The SMILES string of the molecule is COc1ccc([C@H](C)NCCc2ccccc2)cc1F. The predicted molar refractivity (Wildman–Crippen MR) is 79.5 cm³/mol. The van der Waals surface area contributed by atoms with Crippen molar-refractivity contribution in [3.8, 4) is 5.75 Å². The average Bonchev–Trinajstić information content (AvgIpc) is 2.48. The van der Waals surface area contributed by atoms with Crippen molar-refractivity contribution in [2.75, 3.05) is 13.7 Å². The van der Waals surface area contributed by atoms with E-state index in [0.717, 1.165) is 18.5 Å². The molecule has 2 nitrogen and oxygen atoms in total. The lowest BCUT2D eigenvalue weighted by Crippen LogP contribution is -2.21. The van der Waals surface area contributed by atoms with Gasteiger partial charge in [-0.15, -0.1) is 0 Å². The van der Waals surface area contributed by atoms with E-state index in [4.69, 9.17) is 4.74 Å². The minimum Gasteiger partial charge on any atom is -0.494 e. The van der Waals surface area contributed by atoms with Crippen LogP contribution in [-0.2, 0) is 6.42 Å². The second-order valence-corrected chi connectivity index (χ2v) is 4.81. The van der Waals surface area contributed by atoms with E-state index in [9.17, 15) is 4.39 Å². The molecule has 0 saturated carbocycles. The van der Waals surface area contributed by atoms with Gasteiger partial charge in [0.15, 0.2) is 11.6 Å². The summed E-state index contributed by atoms with van der Waals surface area (Å²) in [6.07, 6.45) is 0.962. The molecular formula is C17H20FNO. The van der Waals surface area contributed by atoms with Gasteiger partial charge in [0, 0.05) is 6.04 Å². The molecule has 1 atom stereocenters. The summed E-state index contributed by atoms with van der Waals surface area (Å²) in [7, 11) is 1.47. The Morgan fingerprint density at radius 3 is 2.55 bits per heavy atom. The van der Waals surface area contributed by atoms with E-state index in [1.54, 1.807) is 6.07 Å². The van der Waals surface area contributed by atoms with E-state index in [2.05, 4.69) is 17.4 Å². The van der Waals surface area contributed by atoms with Crippen LogP contribution in [0.15, 0.2) is 48.5 Å². The molecule has 0 saturated heterocycles. The molecule has 0 unspecified atom stereocenters. The molecule has 2 rings (SSSR count). The summed E-state index contributed by atoms with van der Waals surface area (Å²) in [4.78, 5) is 0. The molecule has 2 aromatic rings. The number of halogens is 1. The summed E-state index contributed by atoms with van der Waals surface area (Å²) in [6.45, 7) is 2.89. The summed E-state index contributed by atoms with van der Waals surface area (Å²) < 4.78 is 18.6. The maximum Gasteiger partial charge on any atom is 0.165 e. The molecule has 20 heavy (non-hydrogen) atoms. The molecule has 2 aromatic carbocycles. The van der Waals surface area contributed by atoms with Gasteiger partial charge < -0.3 is 10.1 Å². The molecule has 0 bridgehead atoms. The minimum atomic E-state index is -0.318. The highest BCUT2D eigenvalue weighted by Gasteiger charge is 2.08. The van der Waals surface area contributed by atoms with Gasteiger partial charge in [0.25, 0.3) is 0 Å². The summed E-state index contributed by atoms with van der Waals surface area (Å²) in [5, 5.41) is 3.40. The molecule has 0 radical (unpaired) electrons. The maximum atomic E-state index is 13.6. The number of rotatable bonds is 6. The Kier molecular flexibility index (Phi) is 5.13. The molecule has 3 heteroatoms. The van der Waals surface area contributed by atoms with E-state index in [0.29, 0.717) is 0 Å². The number of hydrogen-bond donors (Lipinski definition) is 1. The standard InChI is InChI=1S/C17H20FNO/c1-13(15-8-9-17(20-2)16(18)12-15)19-11-10-14-6-4-3-5-7-14/h3-9,12-13,19H,10-11H2,1-2H3/t13-/m0/s1. The van der Waals surface area contributed by atoms with Crippen molar-refractivity contribution in [3.05, 3.63) is 65.5 Å².